The third kappa shape index (κ3) is 4.95. The van der Waals surface area contributed by atoms with E-state index in [1.54, 1.807) is 31.2 Å². The zero-order valence-corrected chi connectivity index (χ0v) is 22.6. The minimum Gasteiger partial charge on any atom is -0.462 e. The van der Waals surface area contributed by atoms with Crippen LogP contribution in [0.4, 0.5) is 5.00 Å². The Bertz CT molecular complexity index is 1440. The number of sulfonamides is 1. The Balaban J connectivity index is 1.52. The van der Waals surface area contributed by atoms with Crippen molar-refractivity contribution in [3.8, 4) is 0 Å². The average molecular weight is 539 g/mol. The normalized spacial score (nSPS) is 17.5. The van der Waals surface area contributed by atoms with Crippen LogP contribution in [0.25, 0.3) is 0 Å². The van der Waals surface area contributed by atoms with Crippen molar-refractivity contribution in [2.24, 2.45) is 0 Å². The molecule has 2 heterocycles. The number of fused-ring (bicyclic) bond motifs is 2. The molecule has 194 valence electrons. The van der Waals surface area contributed by atoms with E-state index in [1.165, 1.54) is 15.6 Å². The molecule has 2 aromatic carbocycles. The summed E-state index contributed by atoms with van der Waals surface area (Å²) < 4.78 is 34.1. The van der Waals surface area contributed by atoms with Crippen molar-refractivity contribution in [2.75, 3.05) is 11.9 Å². The molecular formula is C28H30N2O5S2. The number of amides is 1. The molecule has 1 aliphatic carbocycles. The van der Waals surface area contributed by atoms with Crippen LogP contribution in [-0.2, 0) is 45.4 Å². The fourth-order valence-electron chi connectivity index (χ4n) is 5.09. The first-order chi connectivity index (χ1) is 17.8. The number of nitrogens with one attached hydrogen (secondary N) is 1. The number of esters is 1. The summed E-state index contributed by atoms with van der Waals surface area (Å²) in [5.74, 6) is -0.898. The third-order valence-electron chi connectivity index (χ3n) is 7.02. The van der Waals surface area contributed by atoms with Crippen LogP contribution in [0, 0.1) is 6.92 Å². The lowest BCUT2D eigenvalue weighted by atomic mass is 9.94. The zero-order valence-electron chi connectivity index (χ0n) is 21.0. The van der Waals surface area contributed by atoms with Gasteiger partial charge in [0, 0.05) is 11.4 Å². The maximum atomic E-state index is 13.8. The van der Waals surface area contributed by atoms with Gasteiger partial charge in [-0.15, -0.1) is 11.3 Å². The molecule has 3 aromatic rings. The monoisotopic (exact) mass is 538 g/mol. The van der Waals surface area contributed by atoms with E-state index < -0.39 is 27.9 Å². The number of thiophene rings is 1. The molecule has 0 spiro atoms. The highest BCUT2D eigenvalue weighted by molar-refractivity contribution is 7.89. The molecule has 0 saturated heterocycles. The summed E-state index contributed by atoms with van der Waals surface area (Å²) in [7, 11) is -3.96. The van der Waals surface area contributed by atoms with Crippen LogP contribution in [0.5, 0.6) is 0 Å². The molecule has 1 aliphatic heterocycles. The first kappa shape index (κ1) is 25.6. The maximum Gasteiger partial charge on any atom is 0.341 e. The molecule has 1 aromatic heterocycles. The summed E-state index contributed by atoms with van der Waals surface area (Å²) >= 11 is 1.40. The van der Waals surface area contributed by atoms with Gasteiger partial charge in [0.2, 0.25) is 15.9 Å². The van der Waals surface area contributed by atoms with Gasteiger partial charge >= 0.3 is 5.97 Å². The van der Waals surface area contributed by atoms with Gasteiger partial charge in [-0.1, -0.05) is 42.0 Å². The Morgan fingerprint density at radius 2 is 1.76 bits per heavy atom. The highest BCUT2D eigenvalue weighted by Crippen LogP contribution is 2.39. The second-order valence-corrected chi connectivity index (χ2v) is 12.5. The van der Waals surface area contributed by atoms with E-state index in [0.29, 0.717) is 10.6 Å². The summed E-state index contributed by atoms with van der Waals surface area (Å²) in [5.41, 5.74) is 4.13. The zero-order chi connectivity index (χ0) is 26.2. The molecule has 7 nitrogen and oxygen atoms in total. The molecule has 5 rings (SSSR count). The molecule has 1 N–H and O–H groups in total. The van der Waals surface area contributed by atoms with Crippen LogP contribution >= 0.6 is 11.3 Å². The average Bonchev–Trinajstić information content (AvgIpc) is 3.26. The lowest BCUT2D eigenvalue weighted by molar-refractivity contribution is -0.120. The predicted molar refractivity (Wildman–Crippen MR) is 143 cm³/mol. The van der Waals surface area contributed by atoms with Crippen molar-refractivity contribution in [1.29, 1.82) is 0 Å². The van der Waals surface area contributed by atoms with Crippen LogP contribution in [0.1, 0.15) is 57.3 Å². The Hall–Kier alpha value is -3.01. The third-order valence-corrected chi connectivity index (χ3v) is 10.1. The van der Waals surface area contributed by atoms with E-state index in [-0.39, 0.29) is 24.5 Å². The van der Waals surface area contributed by atoms with E-state index >= 15 is 0 Å². The van der Waals surface area contributed by atoms with Gasteiger partial charge in [0.15, 0.2) is 0 Å². The molecule has 0 fully saturated rings. The van der Waals surface area contributed by atoms with Gasteiger partial charge in [0.05, 0.1) is 17.1 Å². The molecule has 0 bridgehead atoms. The second kappa shape index (κ2) is 10.4. The molecule has 9 heteroatoms. The fraction of sp³-hybridized carbons (Fsp3) is 0.357. The summed E-state index contributed by atoms with van der Waals surface area (Å²) in [4.78, 5) is 27.9. The highest BCUT2D eigenvalue weighted by atomic mass is 32.2. The van der Waals surface area contributed by atoms with Crippen molar-refractivity contribution >= 4 is 38.2 Å². The number of carbonyl (C=O) groups is 2. The number of aryl methyl sites for hydroxylation is 2. The van der Waals surface area contributed by atoms with E-state index in [1.807, 2.05) is 31.2 Å². The Labute approximate surface area is 221 Å². The lowest BCUT2D eigenvalue weighted by Crippen LogP contribution is -2.50. The maximum absolute atomic E-state index is 13.8. The Morgan fingerprint density at radius 3 is 2.49 bits per heavy atom. The first-order valence-electron chi connectivity index (χ1n) is 12.6. The van der Waals surface area contributed by atoms with Gasteiger partial charge in [0.1, 0.15) is 11.0 Å². The van der Waals surface area contributed by atoms with Crippen molar-refractivity contribution in [2.45, 2.75) is 63.4 Å². The van der Waals surface area contributed by atoms with Crippen molar-refractivity contribution < 1.29 is 22.7 Å². The van der Waals surface area contributed by atoms with E-state index in [0.717, 1.165) is 52.8 Å². The lowest BCUT2D eigenvalue weighted by Gasteiger charge is -2.35. The van der Waals surface area contributed by atoms with Crippen molar-refractivity contribution in [1.82, 2.24) is 4.31 Å². The van der Waals surface area contributed by atoms with Crippen LogP contribution in [0.2, 0.25) is 0 Å². The molecule has 1 atom stereocenters. The smallest absolute Gasteiger partial charge is 0.341 e. The fourth-order valence-corrected chi connectivity index (χ4v) is 7.93. The number of hydrogen-bond donors (Lipinski definition) is 1. The van der Waals surface area contributed by atoms with Gasteiger partial charge in [-0.3, -0.25) is 4.79 Å². The minimum absolute atomic E-state index is 0.0934. The molecule has 37 heavy (non-hydrogen) atoms. The quantitative estimate of drug-likeness (QED) is 0.452. The number of anilines is 1. The van der Waals surface area contributed by atoms with Crippen molar-refractivity contribution in [3.05, 3.63) is 81.2 Å². The summed E-state index contributed by atoms with van der Waals surface area (Å²) in [6.07, 6.45) is 3.87. The minimum atomic E-state index is -3.96. The number of benzene rings is 2. The van der Waals surface area contributed by atoms with Crippen LogP contribution in [0.3, 0.4) is 0 Å². The van der Waals surface area contributed by atoms with Crippen LogP contribution in [-0.4, -0.2) is 37.2 Å². The Morgan fingerprint density at radius 1 is 1.05 bits per heavy atom. The predicted octanol–water partition coefficient (Wildman–Crippen LogP) is 4.87. The summed E-state index contributed by atoms with van der Waals surface area (Å²) in [6.45, 7) is 3.97. The van der Waals surface area contributed by atoms with Crippen LogP contribution in [0.15, 0.2) is 53.4 Å². The number of carbonyl (C=O) groups excluding carboxylic acids is 2. The van der Waals surface area contributed by atoms with E-state index in [4.69, 9.17) is 4.74 Å². The molecular weight excluding hydrogens is 508 g/mol. The van der Waals surface area contributed by atoms with Crippen molar-refractivity contribution in [3.63, 3.8) is 0 Å². The molecule has 0 radical (unpaired) electrons. The number of hydrogen-bond acceptors (Lipinski definition) is 6. The topological polar surface area (TPSA) is 92.8 Å². The second-order valence-electron chi connectivity index (χ2n) is 9.48. The number of rotatable bonds is 6. The Kier molecular flexibility index (Phi) is 7.20. The first-order valence-corrected chi connectivity index (χ1v) is 14.8. The molecule has 1 unspecified atom stereocenters. The standard InChI is InChI=1S/C28H30N2O5S2/c1-3-35-28(32)25-22-10-6-7-11-24(22)36-27(25)29-26(31)23-16-19-8-4-5-9-20(19)17-30(23)37(33,34)21-14-12-18(2)13-15-21/h4-5,8-9,12-15,23H,3,6-7,10-11,16-17H2,1-2H3,(H,29,31). The largest absolute Gasteiger partial charge is 0.462 e. The molecule has 1 amide bonds. The van der Waals surface area contributed by atoms with Gasteiger partial charge in [-0.2, -0.15) is 4.31 Å². The van der Waals surface area contributed by atoms with Gasteiger partial charge in [0.25, 0.3) is 0 Å². The van der Waals surface area contributed by atoms with Gasteiger partial charge in [-0.05, 0) is 74.8 Å². The summed E-state index contributed by atoms with van der Waals surface area (Å²) in [5, 5.41) is 3.39. The molecule has 2 aliphatic rings. The highest BCUT2D eigenvalue weighted by Gasteiger charge is 2.40. The van der Waals surface area contributed by atoms with E-state index in [9.17, 15) is 18.0 Å². The van der Waals surface area contributed by atoms with E-state index in [2.05, 4.69) is 5.32 Å². The van der Waals surface area contributed by atoms with Gasteiger partial charge in [-0.25, -0.2) is 13.2 Å². The summed E-state index contributed by atoms with van der Waals surface area (Å²) in [6, 6.07) is 13.3. The number of ether oxygens (including phenoxy) is 1. The van der Waals surface area contributed by atoms with Gasteiger partial charge < -0.3 is 10.1 Å². The SMILES string of the molecule is CCOC(=O)c1c(NC(=O)C2Cc3ccccc3CN2S(=O)(=O)c2ccc(C)cc2)sc2c1CCCC2. The van der Waals surface area contributed by atoms with Crippen LogP contribution < -0.4 is 5.32 Å². The molecule has 0 saturated carbocycles. The number of nitrogens with zero attached hydrogens (tertiary/aromatic N) is 1.